The average molecular weight is 488 g/mol. The predicted octanol–water partition coefficient (Wildman–Crippen LogP) is 0.764. The van der Waals surface area contributed by atoms with Crippen LogP contribution >= 0.6 is 0 Å². The van der Waals surface area contributed by atoms with Gasteiger partial charge in [0.15, 0.2) is 15.7 Å². The van der Waals surface area contributed by atoms with Crippen LogP contribution < -0.4 is 0 Å². The van der Waals surface area contributed by atoms with E-state index in [1.54, 1.807) is 11.0 Å². The van der Waals surface area contributed by atoms with Crippen LogP contribution in [0.15, 0.2) is 29.6 Å². The third kappa shape index (κ3) is 4.37. The van der Waals surface area contributed by atoms with E-state index in [2.05, 4.69) is 25.4 Å². The molecular weight excluding hydrogens is 458 g/mol. The predicted molar refractivity (Wildman–Crippen MR) is 122 cm³/mol. The number of aliphatic hydroxyl groups is 1. The van der Waals surface area contributed by atoms with Gasteiger partial charge in [0, 0.05) is 36.5 Å². The number of hydrogen-bond acceptors (Lipinski definition) is 9. The zero-order valence-corrected chi connectivity index (χ0v) is 20.0. The second-order valence-corrected chi connectivity index (χ2v) is 11.5. The summed E-state index contributed by atoms with van der Waals surface area (Å²) in [5.74, 6) is 0.750. The lowest BCUT2D eigenvalue weighted by Gasteiger charge is -2.47. The molecule has 5 rings (SSSR count). The van der Waals surface area contributed by atoms with E-state index in [0.29, 0.717) is 62.7 Å². The van der Waals surface area contributed by atoms with Gasteiger partial charge in [0.25, 0.3) is 0 Å². The number of aliphatic hydroxyl groups excluding tert-OH is 1. The number of tetrazole rings is 1. The number of sulfone groups is 1. The summed E-state index contributed by atoms with van der Waals surface area (Å²) < 4.78 is 25.2. The molecule has 3 aliphatic rings. The highest BCUT2D eigenvalue weighted by Gasteiger charge is 2.47. The highest BCUT2D eigenvalue weighted by molar-refractivity contribution is 7.94. The second-order valence-electron chi connectivity index (χ2n) is 9.48. The molecule has 11 nitrogen and oxygen atoms in total. The van der Waals surface area contributed by atoms with Crippen molar-refractivity contribution in [2.75, 3.05) is 31.9 Å². The van der Waals surface area contributed by atoms with Crippen molar-refractivity contribution in [2.24, 2.45) is 5.41 Å². The minimum absolute atomic E-state index is 0.0699. The summed E-state index contributed by atoms with van der Waals surface area (Å²) in [5, 5.41) is 23.3. The van der Waals surface area contributed by atoms with E-state index in [9.17, 15) is 18.3 Å². The van der Waals surface area contributed by atoms with Crippen LogP contribution in [0.25, 0.3) is 5.82 Å². The fourth-order valence-electron chi connectivity index (χ4n) is 5.39. The molecule has 3 aliphatic heterocycles. The van der Waals surface area contributed by atoms with Crippen LogP contribution in [0.4, 0.5) is 0 Å². The van der Waals surface area contributed by atoms with Crippen LogP contribution in [0, 0.1) is 12.3 Å². The summed E-state index contributed by atoms with van der Waals surface area (Å²) in [6.07, 6.45) is 4.33. The highest BCUT2D eigenvalue weighted by atomic mass is 32.2. The van der Waals surface area contributed by atoms with Crippen molar-refractivity contribution in [3.05, 3.63) is 40.8 Å². The van der Waals surface area contributed by atoms with Crippen molar-refractivity contribution in [3.8, 4) is 5.82 Å². The molecule has 34 heavy (non-hydrogen) atoms. The first kappa shape index (κ1) is 23.1. The Kier molecular flexibility index (Phi) is 5.98. The summed E-state index contributed by atoms with van der Waals surface area (Å²) in [6, 6.07) is 3.63. The first-order chi connectivity index (χ1) is 16.3. The Bertz CT molecular complexity index is 1200. The molecule has 2 fully saturated rings. The standard InChI is InChI=1S/C22H29N7O4S/c1-16-18(3-4-20(24-16)29-15-23-25-26-29)19(30)13-27-10-7-22(8-11-27)6-2-9-28(21(22)31)17-5-12-34(32,33)14-17/h3-4,14-15,19,30H,2,5-13H2,1H3. The number of hydrogen-bond donors (Lipinski definition) is 1. The molecule has 182 valence electrons. The SMILES string of the molecule is Cc1nc(-n2cnnn2)ccc1C(O)CN1CCC2(CCCN(C3=CS(=O)(=O)CC3)C2=O)CC1. The minimum atomic E-state index is -3.19. The van der Waals surface area contributed by atoms with Crippen molar-refractivity contribution in [1.82, 2.24) is 35.0 Å². The van der Waals surface area contributed by atoms with E-state index in [1.165, 1.54) is 16.4 Å². The van der Waals surface area contributed by atoms with Gasteiger partial charge in [-0.1, -0.05) is 6.07 Å². The third-order valence-electron chi connectivity index (χ3n) is 7.34. The van der Waals surface area contributed by atoms with Crippen molar-refractivity contribution >= 4 is 15.7 Å². The lowest BCUT2D eigenvalue weighted by Crippen LogP contribution is -2.53. The van der Waals surface area contributed by atoms with E-state index >= 15 is 0 Å². The number of carbonyl (C=O) groups excluding carboxylic acids is 1. The van der Waals surface area contributed by atoms with Crippen molar-refractivity contribution in [1.29, 1.82) is 0 Å². The number of likely N-dealkylation sites (tertiary alicyclic amines) is 2. The van der Waals surface area contributed by atoms with Crippen molar-refractivity contribution in [2.45, 2.75) is 45.1 Å². The van der Waals surface area contributed by atoms with Crippen LogP contribution in [-0.4, -0.2) is 86.4 Å². The molecule has 1 atom stereocenters. The Balaban J connectivity index is 1.22. The van der Waals surface area contributed by atoms with Gasteiger partial charge < -0.3 is 14.9 Å². The molecule has 2 saturated heterocycles. The van der Waals surface area contributed by atoms with E-state index in [0.717, 1.165) is 18.4 Å². The number of aryl methyl sites for hydroxylation is 1. The quantitative estimate of drug-likeness (QED) is 0.649. The van der Waals surface area contributed by atoms with Crippen LogP contribution in [0.3, 0.4) is 0 Å². The number of amides is 1. The van der Waals surface area contributed by atoms with Gasteiger partial charge in [0.2, 0.25) is 5.91 Å². The molecule has 0 aromatic carbocycles. The first-order valence-electron chi connectivity index (χ1n) is 11.6. The summed E-state index contributed by atoms with van der Waals surface area (Å²) in [7, 11) is -3.19. The zero-order chi connectivity index (χ0) is 23.9. The first-order valence-corrected chi connectivity index (χ1v) is 13.3. The lowest BCUT2D eigenvalue weighted by molar-refractivity contribution is -0.147. The average Bonchev–Trinajstić information content (AvgIpc) is 3.47. The molecule has 1 spiro atoms. The van der Waals surface area contributed by atoms with Crippen LogP contribution in [0.5, 0.6) is 0 Å². The number of piperidine rings is 2. The van der Waals surface area contributed by atoms with Crippen LogP contribution in [0.1, 0.15) is 49.5 Å². The number of pyridine rings is 1. The molecule has 2 aromatic heterocycles. The molecule has 5 heterocycles. The molecule has 0 radical (unpaired) electrons. The van der Waals surface area contributed by atoms with Crippen LogP contribution in [-0.2, 0) is 14.6 Å². The number of carbonyl (C=O) groups is 1. The summed E-state index contributed by atoms with van der Waals surface area (Å²) in [4.78, 5) is 21.8. The zero-order valence-electron chi connectivity index (χ0n) is 19.2. The molecule has 0 aliphatic carbocycles. The van der Waals surface area contributed by atoms with E-state index in [1.807, 2.05) is 13.0 Å². The molecule has 1 unspecified atom stereocenters. The summed E-state index contributed by atoms with van der Waals surface area (Å²) >= 11 is 0. The Labute approximate surface area is 198 Å². The van der Waals surface area contributed by atoms with Crippen LogP contribution in [0.2, 0.25) is 0 Å². The van der Waals surface area contributed by atoms with Gasteiger partial charge in [-0.05, 0) is 62.2 Å². The topological polar surface area (TPSA) is 134 Å². The Hall–Kier alpha value is -2.70. The van der Waals surface area contributed by atoms with Crippen molar-refractivity contribution in [3.63, 3.8) is 0 Å². The lowest BCUT2D eigenvalue weighted by atomic mass is 9.71. The maximum atomic E-state index is 13.4. The summed E-state index contributed by atoms with van der Waals surface area (Å²) in [6.45, 7) is 4.33. The Morgan fingerprint density at radius 1 is 1.18 bits per heavy atom. The Morgan fingerprint density at radius 3 is 2.62 bits per heavy atom. The largest absolute Gasteiger partial charge is 0.387 e. The van der Waals surface area contributed by atoms with Gasteiger partial charge in [0.05, 0.1) is 22.7 Å². The van der Waals surface area contributed by atoms with Gasteiger partial charge in [-0.3, -0.25) is 4.79 Å². The number of aromatic nitrogens is 5. The van der Waals surface area contributed by atoms with Gasteiger partial charge in [0.1, 0.15) is 6.33 Å². The number of rotatable bonds is 5. The normalized spacial score (nSPS) is 23.3. The van der Waals surface area contributed by atoms with Gasteiger partial charge >= 0.3 is 0 Å². The molecule has 0 saturated carbocycles. The molecular formula is C22H29N7O4S. The maximum absolute atomic E-state index is 13.4. The second kappa shape index (κ2) is 8.82. The van der Waals surface area contributed by atoms with E-state index in [-0.39, 0.29) is 11.7 Å². The van der Waals surface area contributed by atoms with Gasteiger partial charge in [-0.2, -0.15) is 4.68 Å². The summed E-state index contributed by atoms with van der Waals surface area (Å²) in [5.41, 5.74) is 1.69. The fourth-order valence-corrected chi connectivity index (χ4v) is 6.66. The Morgan fingerprint density at radius 2 is 1.97 bits per heavy atom. The molecule has 2 aromatic rings. The van der Waals surface area contributed by atoms with Gasteiger partial charge in [-0.25, -0.2) is 13.4 Å². The van der Waals surface area contributed by atoms with E-state index < -0.39 is 21.4 Å². The smallest absolute Gasteiger partial charge is 0.233 e. The molecule has 1 amide bonds. The maximum Gasteiger partial charge on any atom is 0.233 e. The number of β-amino-alcohol motifs (C(OH)–C–C–N with tert-alkyl or cyclic N) is 1. The minimum Gasteiger partial charge on any atom is -0.387 e. The molecule has 0 bridgehead atoms. The molecule has 12 heteroatoms. The third-order valence-corrected chi connectivity index (χ3v) is 8.74. The fraction of sp³-hybridized carbons (Fsp3) is 0.591. The van der Waals surface area contributed by atoms with E-state index in [4.69, 9.17) is 0 Å². The number of allylic oxidation sites excluding steroid dienone is 1. The highest BCUT2D eigenvalue weighted by Crippen LogP contribution is 2.43. The number of nitrogens with zero attached hydrogens (tertiary/aromatic N) is 7. The van der Waals surface area contributed by atoms with Gasteiger partial charge in [-0.15, -0.1) is 5.10 Å². The van der Waals surface area contributed by atoms with Crippen molar-refractivity contribution < 1.29 is 18.3 Å². The monoisotopic (exact) mass is 487 g/mol. The molecule has 1 N–H and O–H groups in total.